The number of rotatable bonds is 4. The molecule has 2 aromatic heterocycles. The van der Waals surface area contributed by atoms with Gasteiger partial charge < -0.3 is 9.88 Å². The zero-order valence-corrected chi connectivity index (χ0v) is 10.7. The van der Waals surface area contributed by atoms with Crippen LogP contribution in [0.5, 0.6) is 0 Å². The Morgan fingerprint density at radius 3 is 2.83 bits per heavy atom. The summed E-state index contributed by atoms with van der Waals surface area (Å²) in [6, 6.07) is 1.97. The van der Waals surface area contributed by atoms with Crippen molar-refractivity contribution in [2.75, 3.05) is 11.9 Å². The molecule has 1 aliphatic rings. The summed E-state index contributed by atoms with van der Waals surface area (Å²) in [5.41, 5.74) is 0.898. The van der Waals surface area contributed by atoms with Crippen LogP contribution in [0.2, 0.25) is 0 Å². The predicted octanol–water partition coefficient (Wildman–Crippen LogP) is 2.19. The first kappa shape index (κ1) is 11.2. The molecule has 0 aliphatic heterocycles. The molecule has 0 amide bonds. The summed E-state index contributed by atoms with van der Waals surface area (Å²) in [6.07, 6.45) is 6.13. The van der Waals surface area contributed by atoms with E-state index in [4.69, 9.17) is 0 Å². The summed E-state index contributed by atoms with van der Waals surface area (Å²) in [6.45, 7) is 2.93. The number of nitrogens with zero attached hydrogens (tertiary/aromatic N) is 4. The highest BCUT2D eigenvalue weighted by Gasteiger charge is 2.27. The predicted molar refractivity (Wildman–Crippen MR) is 70.4 cm³/mol. The van der Waals surface area contributed by atoms with Crippen molar-refractivity contribution in [2.24, 2.45) is 7.05 Å². The molecule has 0 bridgehead atoms. The second-order valence-electron chi connectivity index (χ2n) is 4.66. The van der Waals surface area contributed by atoms with Crippen LogP contribution in [-0.4, -0.2) is 26.1 Å². The average molecular weight is 243 g/mol. The largest absolute Gasteiger partial charge is 0.370 e. The van der Waals surface area contributed by atoms with E-state index >= 15 is 0 Å². The lowest BCUT2D eigenvalue weighted by Crippen LogP contribution is -2.05. The molecule has 1 fully saturated rings. The average Bonchev–Trinajstić information content (AvgIpc) is 3.12. The monoisotopic (exact) mass is 243 g/mol. The maximum Gasteiger partial charge on any atom is 0.158 e. The van der Waals surface area contributed by atoms with E-state index < -0.39 is 0 Å². The van der Waals surface area contributed by atoms with E-state index in [9.17, 15) is 0 Å². The minimum Gasteiger partial charge on any atom is -0.370 e. The van der Waals surface area contributed by atoms with Gasteiger partial charge in [0.2, 0.25) is 0 Å². The van der Waals surface area contributed by atoms with Gasteiger partial charge in [0.15, 0.2) is 5.82 Å². The summed E-state index contributed by atoms with van der Waals surface area (Å²) >= 11 is 0. The highest BCUT2D eigenvalue weighted by molar-refractivity contribution is 5.56. The van der Waals surface area contributed by atoms with E-state index in [0.717, 1.165) is 29.7 Å². The van der Waals surface area contributed by atoms with Crippen molar-refractivity contribution >= 4 is 5.82 Å². The van der Waals surface area contributed by atoms with Crippen LogP contribution in [0.25, 0.3) is 11.5 Å². The molecule has 5 heteroatoms. The third kappa shape index (κ3) is 2.08. The second-order valence-corrected chi connectivity index (χ2v) is 4.66. The lowest BCUT2D eigenvalue weighted by Gasteiger charge is -2.08. The first-order valence-electron chi connectivity index (χ1n) is 6.38. The van der Waals surface area contributed by atoms with Crippen molar-refractivity contribution < 1.29 is 0 Å². The number of hydrogen-bond acceptors (Lipinski definition) is 4. The smallest absolute Gasteiger partial charge is 0.158 e. The SMILES string of the molecule is CCNc1cc(-c2nccn2C)nc(C2CC2)n1. The number of anilines is 1. The Hall–Kier alpha value is -1.91. The topological polar surface area (TPSA) is 55.6 Å². The molecule has 0 radical (unpaired) electrons. The number of aromatic nitrogens is 4. The molecule has 0 unspecified atom stereocenters. The van der Waals surface area contributed by atoms with E-state index in [2.05, 4.69) is 27.2 Å². The molecule has 1 N–H and O–H groups in total. The molecule has 0 atom stereocenters. The standard InChI is InChI=1S/C13H17N5/c1-3-14-11-8-10(13-15-6-7-18(13)2)16-12(17-11)9-4-5-9/h6-9H,3-5H2,1-2H3,(H,14,16,17). The molecular formula is C13H17N5. The normalized spacial score (nSPS) is 14.8. The van der Waals surface area contributed by atoms with Crippen molar-refractivity contribution in [3.63, 3.8) is 0 Å². The van der Waals surface area contributed by atoms with Crippen molar-refractivity contribution in [3.05, 3.63) is 24.3 Å². The van der Waals surface area contributed by atoms with Crippen molar-refractivity contribution in [2.45, 2.75) is 25.7 Å². The van der Waals surface area contributed by atoms with E-state index in [-0.39, 0.29) is 0 Å². The lowest BCUT2D eigenvalue weighted by atomic mass is 10.3. The van der Waals surface area contributed by atoms with Gasteiger partial charge in [-0.15, -0.1) is 0 Å². The fourth-order valence-corrected chi connectivity index (χ4v) is 1.99. The molecule has 5 nitrogen and oxygen atoms in total. The molecular weight excluding hydrogens is 226 g/mol. The molecule has 94 valence electrons. The maximum atomic E-state index is 4.65. The van der Waals surface area contributed by atoms with Gasteiger partial charge in [0.05, 0.1) is 0 Å². The molecule has 2 aromatic rings. The number of imidazole rings is 1. The van der Waals surface area contributed by atoms with E-state index in [0.29, 0.717) is 5.92 Å². The zero-order valence-electron chi connectivity index (χ0n) is 10.7. The maximum absolute atomic E-state index is 4.65. The summed E-state index contributed by atoms with van der Waals surface area (Å²) < 4.78 is 1.98. The van der Waals surface area contributed by atoms with Gasteiger partial charge in [-0.25, -0.2) is 15.0 Å². The van der Waals surface area contributed by atoms with Gasteiger partial charge in [0.25, 0.3) is 0 Å². The zero-order chi connectivity index (χ0) is 12.5. The van der Waals surface area contributed by atoms with Gasteiger partial charge in [-0.2, -0.15) is 0 Å². The first-order chi connectivity index (χ1) is 8.78. The van der Waals surface area contributed by atoms with Gasteiger partial charge >= 0.3 is 0 Å². The van der Waals surface area contributed by atoms with Crippen LogP contribution in [0.1, 0.15) is 31.5 Å². The lowest BCUT2D eigenvalue weighted by molar-refractivity contribution is 0.888. The third-order valence-electron chi connectivity index (χ3n) is 3.09. The van der Waals surface area contributed by atoms with Crippen LogP contribution in [0.3, 0.4) is 0 Å². The molecule has 0 saturated heterocycles. The summed E-state index contributed by atoms with van der Waals surface area (Å²) in [5, 5.41) is 3.26. The van der Waals surface area contributed by atoms with E-state index in [1.807, 2.05) is 23.9 Å². The number of aryl methyl sites for hydroxylation is 1. The van der Waals surface area contributed by atoms with Crippen LogP contribution < -0.4 is 5.32 Å². The van der Waals surface area contributed by atoms with Crippen LogP contribution in [0.15, 0.2) is 18.5 Å². The minimum atomic E-state index is 0.544. The number of hydrogen-bond donors (Lipinski definition) is 1. The van der Waals surface area contributed by atoms with Crippen LogP contribution >= 0.6 is 0 Å². The fraction of sp³-hybridized carbons (Fsp3) is 0.462. The highest BCUT2D eigenvalue weighted by atomic mass is 15.1. The van der Waals surface area contributed by atoms with Crippen molar-refractivity contribution in [1.82, 2.24) is 19.5 Å². The minimum absolute atomic E-state index is 0.544. The van der Waals surface area contributed by atoms with Crippen LogP contribution in [0, 0.1) is 0 Å². The highest BCUT2D eigenvalue weighted by Crippen LogP contribution is 2.39. The first-order valence-corrected chi connectivity index (χ1v) is 6.38. The Balaban J connectivity index is 2.04. The van der Waals surface area contributed by atoms with Gasteiger partial charge in [-0.05, 0) is 19.8 Å². The Kier molecular flexibility index (Phi) is 2.74. The molecule has 1 saturated carbocycles. The summed E-state index contributed by atoms with van der Waals surface area (Å²) in [5.74, 6) is 3.28. The van der Waals surface area contributed by atoms with E-state index in [1.165, 1.54) is 12.8 Å². The second kappa shape index (κ2) is 4.40. The quantitative estimate of drug-likeness (QED) is 0.894. The Labute approximate surface area is 106 Å². The Morgan fingerprint density at radius 2 is 2.22 bits per heavy atom. The van der Waals surface area contributed by atoms with Crippen LogP contribution in [0.4, 0.5) is 5.82 Å². The summed E-state index contributed by atoms with van der Waals surface area (Å²) in [4.78, 5) is 13.6. The Bertz CT molecular complexity index is 556. The molecule has 1 aliphatic carbocycles. The van der Waals surface area contributed by atoms with Gasteiger partial charge in [0.1, 0.15) is 17.3 Å². The van der Waals surface area contributed by atoms with Crippen molar-refractivity contribution in [1.29, 1.82) is 0 Å². The van der Waals surface area contributed by atoms with Gasteiger partial charge in [0, 0.05) is 38.0 Å². The molecule has 2 heterocycles. The van der Waals surface area contributed by atoms with Gasteiger partial charge in [-0.3, -0.25) is 0 Å². The summed E-state index contributed by atoms with van der Waals surface area (Å²) in [7, 11) is 1.98. The molecule has 0 aromatic carbocycles. The van der Waals surface area contributed by atoms with Crippen molar-refractivity contribution in [3.8, 4) is 11.5 Å². The third-order valence-corrected chi connectivity index (χ3v) is 3.09. The number of nitrogens with one attached hydrogen (secondary N) is 1. The van der Waals surface area contributed by atoms with Gasteiger partial charge in [-0.1, -0.05) is 0 Å². The van der Waals surface area contributed by atoms with E-state index in [1.54, 1.807) is 6.20 Å². The Morgan fingerprint density at radius 1 is 1.39 bits per heavy atom. The molecule has 18 heavy (non-hydrogen) atoms. The molecule has 0 spiro atoms. The fourth-order valence-electron chi connectivity index (χ4n) is 1.99. The molecule has 3 rings (SSSR count). The van der Waals surface area contributed by atoms with Crippen LogP contribution in [-0.2, 0) is 7.05 Å².